The fourth-order valence-corrected chi connectivity index (χ4v) is 4.59. The van der Waals surface area contributed by atoms with Crippen molar-refractivity contribution in [2.45, 2.75) is 32.4 Å². The van der Waals surface area contributed by atoms with Gasteiger partial charge in [0.25, 0.3) is 0 Å². The molecule has 86 valence electrons. The monoisotopic (exact) mass is 231 g/mol. The Kier molecular flexibility index (Phi) is 2.09. The standard InChI is InChI=1S/C10H16O4S/c1-5-6-4-7(10(5,2)3)9(8(6)11)15(12,13)14/h5-7,9H,4H2,1-3H3,(H,12,13,14)/p-1/t5-,6+,7+,9+/m0/s1. The summed E-state index contributed by atoms with van der Waals surface area (Å²) in [6, 6.07) is 0. The molecule has 2 rings (SSSR count). The van der Waals surface area contributed by atoms with Gasteiger partial charge in [-0.2, -0.15) is 0 Å². The van der Waals surface area contributed by atoms with E-state index in [-0.39, 0.29) is 29.0 Å². The summed E-state index contributed by atoms with van der Waals surface area (Å²) in [5.41, 5.74) is -0.222. The number of Topliss-reactive ketones (excluding diaryl/α,β-unsaturated/α-hetero) is 1. The first kappa shape index (κ1) is 11.1. The maximum Gasteiger partial charge on any atom is 0.153 e. The Labute approximate surface area is 89.8 Å². The lowest BCUT2D eigenvalue weighted by molar-refractivity contribution is -0.125. The van der Waals surface area contributed by atoms with Crippen molar-refractivity contribution < 1.29 is 17.8 Å². The zero-order chi connectivity index (χ0) is 11.6. The fourth-order valence-electron chi connectivity index (χ4n) is 3.27. The van der Waals surface area contributed by atoms with Crippen LogP contribution in [0.2, 0.25) is 0 Å². The molecule has 0 aromatic heterocycles. The number of hydrogen-bond acceptors (Lipinski definition) is 4. The van der Waals surface area contributed by atoms with Crippen LogP contribution in [0, 0.1) is 23.2 Å². The first-order chi connectivity index (χ1) is 6.67. The second-order valence-electron chi connectivity index (χ2n) is 5.37. The van der Waals surface area contributed by atoms with Gasteiger partial charge in [-0.3, -0.25) is 4.79 Å². The lowest BCUT2D eigenvalue weighted by Gasteiger charge is -2.40. The predicted octanol–water partition coefficient (Wildman–Crippen LogP) is 0.781. The minimum Gasteiger partial charge on any atom is -0.747 e. The molecule has 0 amide bonds. The molecule has 0 unspecified atom stereocenters. The smallest absolute Gasteiger partial charge is 0.153 e. The molecule has 0 aromatic carbocycles. The van der Waals surface area contributed by atoms with E-state index in [2.05, 4.69) is 0 Å². The van der Waals surface area contributed by atoms with Gasteiger partial charge in [0.15, 0.2) is 5.78 Å². The molecule has 0 heterocycles. The largest absolute Gasteiger partial charge is 0.747 e. The highest BCUT2D eigenvalue weighted by Gasteiger charge is 2.61. The van der Waals surface area contributed by atoms with Crippen LogP contribution in [0.15, 0.2) is 0 Å². The van der Waals surface area contributed by atoms with Crippen molar-refractivity contribution in [2.24, 2.45) is 23.2 Å². The van der Waals surface area contributed by atoms with Gasteiger partial charge in [0.2, 0.25) is 0 Å². The quantitative estimate of drug-likeness (QED) is 0.625. The van der Waals surface area contributed by atoms with Gasteiger partial charge in [-0.1, -0.05) is 20.8 Å². The normalized spacial score (nSPS) is 43.6. The zero-order valence-corrected chi connectivity index (χ0v) is 9.87. The summed E-state index contributed by atoms with van der Waals surface area (Å²) in [5.74, 6) is -0.680. The van der Waals surface area contributed by atoms with Gasteiger partial charge >= 0.3 is 0 Å². The van der Waals surface area contributed by atoms with Crippen molar-refractivity contribution >= 4 is 15.9 Å². The van der Waals surface area contributed by atoms with E-state index < -0.39 is 15.4 Å². The molecule has 4 nitrogen and oxygen atoms in total. The van der Waals surface area contributed by atoms with Crippen LogP contribution >= 0.6 is 0 Å². The van der Waals surface area contributed by atoms with Crippen molar-refractivity contribution in [1.29, 1.82) is 0 Å². The van der Waals surface area contributed by atoms with E-state index in [1.165, 1.54) is 0 Å². The molecule has 0 saturated heterocycles. The minimum absolute atomic E-state index is 0.174. The van der Waals surface area contributed by atoms with Crippen LogP contribution in [-0.4, -0.2) is 24.0 Å². The molecular formula is C10H15O4S-. The number of hydrogen-bond donors (Lipinski definition) is 0. The molecule has 0 aliphatic heterocycles. The lowest BCUT2D eigenvalue weighted by atomic mass is 9.69. The van der Waals surface area contributed by atoms with E-state index in [4.69, 9.17) is 0 Å². The SMILES string of the molecule is C[C@H]1[C@H]2C[C@H]([C@@H](S(=O)(=O)[O-])C2=O)C1(C)C. The maximum atomic E-state index is 11.7. The fraction of sp³-hybridized carbons (Fsp3) is 0.900. The predicted molar refractivity (Wildman–Crippen MR) is 53.0 cm³/mol. The van der Waals surface area contributed by atoms with Crippen molar-refractivity contribution in [3.05, 3.63) is 0 Å². The molecule has 0 radical (unpaired) electrons. The summed E-state index contributed by atoms with van der Waals surface area (Å²) in [6.07, 6.45) is 0.569. The average molecular weight is 231 g/mol. The summed E-state index contributed by atoms with van der Waals surface area (Å²) < 4.78 is 33.2. The third kappa shape index (κ3) is 1.29. The lowest BCUT2D eigenvalue weighted by Crippen LogP contribution is -2.46. The summed E-state index contributed by atoms with van der Waals surface area (Å²) >= 11 is 0. The Bertz CT molecular complexity index is 409. The Balaban J connectivity index is 2.46. The average Bonchev–Trinajstić information content (AvgIpc) is 2.48. The van der Waals surface area contributed by atoms with Crippen molar-refractivity contribution in [1.82, 2.24) is 0 Å². The topological polar surface area (TPSA) is 74.3 Å². The van der Waals surface area contributed by atoms with Crippen LogP contribution in [0.25, 0.3) is 0 Å². The number of carbonyl (C=O) groups excluding carboxylic acids is 1. The van der Waals surface area contributed by atoms with Crippen LogP contribution < -0.4 is 0 Å². The Morgan fingerprint density at radius 2 is 1.93 bits per heavy atom. The van der Waals surface area contributed by atoms with E-state index >= 15 is 0 Å². The second kappa shape index (κ2) is 2.83. The van der Waals surface area contributed by atoms with Gasteiger partial charge in [0.1, 0.15) is 15.4 Å². The number of carbonyl (C=O) groups is 1. The molecule has 2 saturated carbocycles. The van der Waals surface area contributed by atoms with Crippen LogP contribution in [0.5, 0.6) is 0 Å². The highest BCUT2D eigenvalue weighted by molar-refractivity contribution is 7.87. The summed E-state index contributed by atoms with van der Waals surface area (Å²) in [7, 11) is -4.48. The Hall–Kier alpha value is -0.420. The highest BCUT2D eigenvalue weighted by atomic mass is 32.2. The highest BCUT2D eigenvalue weighted by Crippen LogP contribution is 2.58. The molecular weight excluding hydrogens is 216 g/mol. The van der Waals surface area contributed by atoms with E-state index in [1.54, 1.807) is 0 Å². The Morgan fingerprint density at radius 1 is 1.40 bits per heavy atom. The zero-order valence-electron chi connectivity index (χ0n) is 9.06. The van der Waals surface area contributed by atoms with Gasteiger partial charge < -0.3 is 4.55 Å². The minimum atomic E-state index is -4.48. The third-order valence-corrected chi connectivity index (χ3v) is 5.75. The van der Waals surface area contributed by atoms with Gasteiger partial charge in [0, 0.05) is 5.92 Å². The molecule has 4 atom stereocenters. The number of fused-ring (bicyclic) bond motifs is 2. The summed E-state index contributed by atoms with van der Waals surface area (Å²) in [4.78, 5) is 11.7. The van der Waals surface area contributed by atoms with Gasteiger partial charge in [-0.05, 0) is 23.7 Å². The molecule has 2 fully saturated rings. The molecule has 0 aromatic rings. The Morgan fingerprint density at radius 3 is 2.33 bits per heavy atom. The molecule has 5 heteroatoms. The summed E-state index contributed by atoms with van der Waals surface area (Å²) in [5, 5.41) is -1.28. The molecule has 0 N–H and O–H groups in total. The molecule has 15 heavy (non-hydrogen) atoms. The molecule has 2 bridgehead atoms. The maximum absolute atomic E-state index is 11.7. The van der Waals surface area contributed by atoms with Crippen LogP contribution in [0.3, 0.4) is 0 Å². The summed E-state index contributed by atoms with van der Waals surface area (Å²) in [6.45, 7) is 5.87. The van der Waals surface area contributed by atoms with Gasteiger partial charge in [0.05, 0.1) is 0 Å². The molecule has 0 spiro atoms. The van der Waals surface area contributed by atoms with E-state index in [1.807, 2.05) is 20.8 Å². The first-order valence-corrected chi connectivity index (χ1v) is 6.63. The van der Waals surface area contributed by atoms with E-state index in [0.717, 1.165) is 0 Å². The van der Waals surface area contributed by atoms with Crippen molar-refractivity contribution in [2.75, 3.05) is 0 Å². The number of ketones is 1. The third-order valence-electron chi connectivity index (χ3n) is 4.56. The second-order valence-corrected chi connectivity index (χ2v) is 6.87. The molecule has 2 aliphatic carbocycles. The van der Waals surface area contributed by atoms with Crippen molar-refractivity contribution in [3.63, 3.8) is 0 Å². The van der Waals surface area contributed by atoms with Gasteiger partial charge in [-0.25, -0.2) is 8.42 Å². The van der Waals surface area contributed by atoms with Crippen LogP contribution in [0.1, 0.15) is 27.2 Å². The van der Waals surface area contributed by atoms with E-state index in [9.17, 15) is 17.8 Å². The van der Waals surface area contributed by atoms with Crippen molar-refractivity contribution in [3.8, 4) is 0 Å². The number of rotatable bonds is 1. The molecule has 2 aliphatic rings. The first-order valence-electron chi connectivity index (χ1n) is 5.16. The van der Waals surface area contributed by atoms with Crippen LogP contribution in [0.4, 0.5) is 0 Å². The van der Waals surface area contributed by atoms with Gasteiger partial charge in [-0.15, -0.1) is 0 Å². The van der Waals surface area contributed by atoms with E-state index in [0.29, 0.717) is 6.42 Å². The van der Waals surface area contributed by atoms with Crippen LogP contribution in [-0.2, 0) is 14.9 Å².